The van der Waals surface area contributed by atoms with Crippen molar-refractivity contribution >= 4 is 5.91 Å². The van der Waals surface area contributed by atoms with E-state index in [1.807, 2.05) is 0 Å². The lowest BCUT2D eigenvalue weighted by Crippen LogP contribution is -2.30. The molecule has 0 saturated carbocycles. The minimum Gasteiger partial charge on any atom is -0.356 e. The van der Waals surface area contributed by atoms with Crippen molar-refractivity contribution in [2.24, 2.45) is 0 Å². The highest BCUT2D eigenvalue weighted by Crippen LogP contribution is 2.07. The smallest absolute Gasteiger partial charge is 0.223 e. The molecule has 0 spiro atoms. The second-order valence-corrected chi connectivity index (χ2v) is 3.42. The van der Waals surface area contributed by atoms with E-state index in [4.69, 9.17) is 0 Å². The second kappa shape index (κ2) is 5.75. The molecule has 2 N–H and O–H groups in total. The summed E-state index contributed by atoms with van der Waals surface area (Å²) >= 11 is 0. The van der Waals surface area contributed by atoms with E-state index in [0.717, 1.165) is 19.5 Å². The zero-order valence-corrected chi connectivity index (χ0v) is 8.01. The van der Waals surface area contributed by atoms with E-state index < -0.39 is 0 Å². The van der Waals surface area contributed by atoms with Gasteiger partial charge in [0.1, 0.15) is 0 Å². The Morgan fingerprint density at radius 3 is 3.15 bits per heavy atom. The fourth-order valence-corrected chi connectivity index (χ4v) is 1.59. The van der Waals surface area contributed by atoms with Gasteiger partial charge in [0.2, 0.25) is 5.91 Å². The lowest BCUT2D eigenvalue weighted by atomic mass is 10.1. The van der Waals surface area contributed by atoms with Gasteiger partial charge in [0, 0.05) is 19.0 Å². The van der Waals surface area contributed by atoms with E-state index in [1.54, 1.807) is 6.08 Å². The Hall–Kier alpha value is -0.830. The first-order chi connectivity index (χ1) is 6.33. The van der Waals surface area contributed by atoms with Crippen molar-refractivity contribution in [3.05, 3.63) is 12.7 Å². The Morgan fingerprint density at radius 2 is 2.54 bits per heavy atom. The van der Waals surface area contributed by atoms with Crippen molar-refractivity contribution in [1.82, 2.24) is 10.6 Å². The molecule has 13 heavy (non-hydrogen) atoms. The summed E-state index contributed by atoms with van der Waals surface area (Å²) in [5, 5.41) is 6.25. The van der Waals surface area contributed by atoms with Crippen LogP contribution < -0.4 is 10.6 Å². The predicted octanol–water partition coefficient (Wildman–Crippen LogP) is 0.821. The van der Waals surface area contributed by atoms with Crippen molar-refractivity contribution in [3.8, 4) is 0 Å². The van der Waals surface area contributed by atoms with Crippen molar-refractivity contribution in [3.63, 3.8) is 0 Å². The van der Waals surface area contributed by atoms with Crippen LogP contribution >= 0.6 is 0 Å². The number of hydrogen-bond acceptors (Lipinski definition) is 2. The van der Waals surface area contributed by atoms with Gasteiger partial charge in [-0.2, -0.15) is 0 Å². The molecule has 1 unspecified atom stereocenters. The number of hydrogen-bond donors (Lipinski definition) is 2. The molecule has 74 valence electrons. The van der Waals surface area contributed by atoms with Crippen LogP contribution in [0.5, 0.6) is 0 Å². The molecule has 0 aromatic heterocycles. The molecular weight excluding hydrogens is 164 g/mol. The summed E-state index contributed by atoms with van der Waals surface area (Å²) in [5.74, 6) is 0.0768. The topological polar surface area (TPSA) is 41.1 Å². The maximum absolute atomic E-state index is 11.0. The van der Waals surface area contributed by atoms with Gasteiger partial charge in [0.05, 0.1) is 0 Å². The van der Waals surface area contributed by atoms with E-state index in [9.17, 15) is 4.79 Å². The Labute approximate surface area is 79.6 Å². The lowest BCUT2D eigenvalue weighted by Gasteiger charge is -2.09. The van der Waals surface area contributed by atoms with E-state index in [0.29, 0.717) is 12.5 Å². The summed E-state index contributed by atoms with van der Waals surface area (Å²) in [6.07, 6.45) is 5.62. The first-order valence-corrected chi connectivity index (χ1v) is 4.94. The monoisotopic (exact) mass is 182 g/mol. The molecule has 1 aliphatic rings. The quantitative estimate of drug-likeness (QED) is 0.618. The van der Waals surface area contributed by atoms with Gasteiger partial charge in [0.15, 0.2) is 0 Å². The maximum atomic E-state index is 11.0. The minimum absolute atomic E-state index is 0.0768. The maximum Gasteiger partial charge on any atom is 0.223 e. The second-order valence-electron chi connectivity index (χ2n) is 3.42. The molecule has 0 radical (unpaired) electrons. The third kappa shape index (κ3) is 4.08. The fraction of sp³-hybridized carbons (Fsp3) is 0.700. The van der Waals surface area contributed by atoms with Gasteiger partial charge >= 0.3 is 0 Å². The molecule has 0 aliphatic carbocycles. The molecule has 0 aromatic carbocycles. The summed E-state index contributed by atoms with van der Waals surface area (Å²) in [6, 6.07) is 0.615. The van der Waals surface area contributed by atoms with Crippen molar-refractivity contribution in [2.75, 3.05) is 13.1 Å². The van der Waals surface area contributed by atoms with Crippen LogP contribution in [0, 0.1) is 0 Å². The summed E-state index contributed by atoms with van der Waals surface area (Å²) in [7, 11) is 0. The SMILES string of the molecule is C=CCC(=O)NCCC1CCCN1. The molecule has 1 amide bonds. The van der Waals surface area contributed by atoms with Crippen molar-refractivity contribution < 1.29 is 4.79 Å². The summed E-state index contributed by atoms with van der Waals surface area (Å²) in [5.41, 5.74) is 0. The highest BCUT2D eigenvalue weighted by molar-refractivity contribution is 5.77. The van der Waals surface area contributed by atoms with Crippen LogP contribution in [-0.4, -0.2) is 25.0 Å². The molecule has 1 fully saturated rings. The summed E-state index contributed by atoms with van der Waals surface area (Å²) < 4.78 is 0. The third-order valence-corrected chi connectivity index (χ3v) is 2.31. The first kappa shape index (κ1) is 10.3. The third-order valence-electron chi connectivity index (χ3n) is 2.31. The Kier molecular flexibility index (Phi) is 4.54. The average Bonchev–Trinajstić information content (AvgIpc) is 2.57. The van der Waals surface area contributed by atoms with Crippen LogP contribution in [0.25, 0.3) is 0 Å². The van der Waals surface area contributed by atoms with Crippen LogP contribution in [0.1, 0.15) is 25.7 Å². The molecule has 1 aliphatic heterocycles. The molecule has 1 atom stereocenters. The van der Waals surface area contributed by atoms with Gasteiger partial charge in [-0.05, 0) is 25.8 Å². The van der Waals surface area contributed by atoms with E-state index in [1.165, 1.54) is 12.8 Å². The highest BCUT2D eigenvalue weighted by atomic mass is 16.1. The van der Waals surface area contributed by atoms with Crippen molar-refractivity contribution in [1.29, 1.82) is 0 Å². The first-order valence-electron chi connectivity index (χ1n) is 4.94. The van der Waals surface area contributed by atoms with Gasteiger partial charge in [0.25, 0.3) is 0 Å². The fourth-order valence-electron chi connectivity index (χ4n) is 1.59. The summed E-state index contributed by atoms with van der Waals surface area (Å²) in [6.45, 7) is 5.43. The number of carbonyl (C=O) groups is 1. The van der Waals surface area contributed by atoms with Gasteiger partial charge in [-0.15, -0.1) is 6.58 Å². The zero-order chi connectivity index (χ0) is 9.52. The number of amides is 1. The largest absolute Gasteiger partial charge is 0.356 e. The van der Waals surface area contributed by atoms with Gasteiger partial charge < -0.3 is 10.6 Å². The molecule has 3 heteroatoms. The van der Waals surface area contributed by atoms with E-state index in [-0.39, 0.29) is 5.91 Å². The number of nitrogens with one attached hydrogen (secondary N) is 2. The van der Waals surface area contributed by atoms with E-state index in [2.05, 4.69) is 17.2 Å². The van der Waals surface area contributed by atoms with Crippen LogP contribution in [0.2, 0.25) is 0 Å². The summed E-state index contributed by atoms with van der Waals surface area (Å²) in [4.78, 5) is 11.0. The minimum atomic E-state index is 0.0768. The Morgan fingerprint density at radius 1 is 1.69 bits per heavy atom. The average molecular weight is 182 g/mol. The molecule has 1 heterocycles. The number of carbonyl (C=O) groups excluding carboxylic acids is 1. The molecule has 1 rings (SSSR count). The standard InChI is InChI=1S/C10H18N2O/c1-2-4-10(13)12-8-6-9-5-3-7-11-9/h2,9,11H,1,3-8H2,(H,12,13). The molecule has 1 saturated heterocycles. The van der Waals surface area contributed by atoms with Crippen LogP contribution in [0.3, 0.4) is 0 Å². The lowest BCUT2D eigenvalue weighted by molar-refractivity contribution is -0.120. The molecule has 0 aromatic rings. The highest BCUT2D eigenvalue weighted by Gasteiger charge is 2.13. The normalized spacial score (nSPS) is 21.4. The molecular formula is C10H18N2O. The Balaban J connectivity index is 1.99. The zero-order valence-electron chi connectivity index (χ0n) is 8.01. The van der Waals surface area contributed by atoms with Crippen LogP contribution in [-0.2, 0) is 4.79 Å². The molecule has 0 bridgehead atoms. The Bertz CT molecular complexity index is 174. The van der Waals surface area contributed by atoms with Gasteiger partial charge in [-0.3, -0.25) is 4.79 Å². The van der Waals surface area contributed by atoms with Crippen molar-refractivity contribution in [2.45, 2.75) is 31.7 Å². The van der Waals surface area contributed by atoms with Crippen LogP contribution in [0.15, 0.2) is 12.7 Å². The molecule has 3 nitrogen and oxygen atoms in total. The van der Waals surface area contributed by atoms with Gasteiger partial charge in [-0.25, -0.2) is 0 Å². The predicted molar refractivity (Wildman–Crippen MR) is 53.5 cm³/mol. The number of rotatable bonds is 5. The van der Waals surface area contributed by atoms with Crippen LogP contribution in [0.4, 0.5) is 0 Å². The van der Waals surface area contributed by atoms with Gasteiger partial charge in [-0.1, -0.05) is 6.08 Å². The van der Waals surface area contributed by atoms with E-state index >= 15 is 0 Å².